The molecule has 1 amide bonds. The van der Waals surface area contributed by atoms with Crippen LogP contribution in [0.3, 0.4) is 0 Å². The van der Waals surface area contributed by atoms with Crippen molar-refractivity contribution in [3.63, 3.8) is 0 Å². The lowest BCUT2D eigenvalue weighted by atomic mass is 10.1. The van der Waals surface area contributed by atoms with Crippen molar-refractivity contribution >= 4 is 17.3 Å². The van der Waals surface area contributed by atoms with Crippen molar-refractivity contribution in [1.29, 1.82) is 0 Å². The zero-order valence-corrected chi connectivity index (χ0v) is 15.4. The number of furan rings is 1. The van der Waals surface area contributed by atoms with Crippen molar-refractivity contribution in [2.45, 2.75) is 19.8 Å². The quantitative estimate of drug-likeness (QED) is 0.446. The number of aryl methyl sites for hydroxylation is 1. The molecule has 28 heavy (non-hydrogen) atoms. The van der Waals surface area contributed by atoms with Crippen molar-refractivity contribution in [2.24, 2.45) is 0 Å². The first-order valence-corrected chi connectivity index (χ1v) is 8.91. The molecule has 2 aromatic carbocycles. The van der Waals surface area contributed by atoms with Crippen molar-refractivity contribution < 1.29 is 18.9 Å². The molecule has 7 heteroatoms. The highest BCUT2D eigenvalue weighted by Gasteiger charge is 2.11. The van der Waals surface area contributed by atoms with Crippen LogP contribution >= 0.6 is 0 Å². The lowest BCUT2D eigenvalue weighted by Crippen LogP contribution is -2.12. The SMILES string of the molecule is CCOc1ccc(NC(=O)CCc2ccc(-c3cccc([N+](=O)[O-])c3)o2)cc1. The number of nitrogens with zero attached hydrogens (tertiary/aromatic N) is 1. The van der Waals surface area contributed by atoms with E-state index in [1.807, 2.05) is 6.92 Å². The third-order valence-electron chi connectivity index (χ3n) is 4.05. The van der Waals surface area contributed by atoms with Crippen LogP contribution in [-0.4, -0.2) is 17.4 Å². The van der Waals surface area contributed by atoms with Gasteiger partial charge in [-0.2, -0.15) is 0 Å². The Kier molecular flexibility index (Phi) is 6.06. The van der Waals surface area contributed by atoms with Crippen molar-refractivity contribution in [2.75, 3.05) is 11.9 Å². The Morgan fingerprint density at radius 3 is 2.64 bits per heavy atom. The number of carbonyl (C=O) groups excluding carboxylic acids is 1. The fourth-order valence-electron chi connectivity index (χ4n) is 2.70. The Morgan fingerprint density at radius 1 is 1.14 bits per heavy atom. The van der Waals surface area contributed by atoms with Gasteiger partial charge in [0.2, 0.25) is 5.91 Å². The number of carbonyl (C=O) groups is 1. The standard InChI is InChI=1S/C21H20N2O5/c1-2-27-18-8-6-16(7-9-18)22-21(24)13-11-19-10-12-20(28-19)15-4-3-5-17(14-15)23(25)26/h3-10,12,14H,2,11,13H2,1H3,(H,22,24). The number of nitro benzene ring substituents is 1. The fourth-order valence-corrected chi connectivity index (χ4v) is 2.70. The topological polar surface area (TPSA) is 94.6 Å². The molecule has 0 aliphatic rings. The van der Waals surface area contributed by atoms with Crippen molar-refractivity contribution in [1.82, 2.24) is 0 Å². The third kappa shape index (κ3) is 4.97. The number of ether oxygens (including phenoxy) is 1. The van der Waals surface area contributed by atoms with Crippen LogP contribution in [0.2, 0.25) is 0 Å². The van der Waals surface area contributed by atoms with E-state index in [1.54, 1.807) is 48.5 Å². The number of nitro groups is 1. The monoisotopic (exact) mass is 380 g/mol. The number of non-ortho nitro benzene ring substituents is 1. The summed E-state index contributed by atoms with van der Waals surface area (Å²) in [5.41, 5.74) is 1.33. The summed E-state index contributed by atoms with van der Waals surface area (Å²) in [4.78, 5) is 22.6. The van der Waals surface area contributed by atoms with Crippen LogP contribution in [0.25, 0.3) is 11.3 Å². The summed E-state index contributed by atoms with van der Waals surface area (Å²) < 4.78 is 11.1. The van der Waals surface area contributed by atoms with E-state index in [1.165, 1.54) is 12.1 Å². The highest BCUT2D eigenvalue weighted by molar-refractivity contribution is 5.90. The number of anilines is 1. The molecule has 1 N–H and O–H groups in total. The van der Waals surface area contributed by atoms with Gasteiger partial charge in [0.1, 0.15) is 17.3 Å². The molecule has 0 bridgehead atoms. The van der Waals surface area contributed by atoms with Gasteiger partial charge in [-0.1, -0.05) is 12.1 Å². The largest absolute Gasteiger partial charge is 0.494 e. The first kappa shape index (κ1) is 19.2. The predicted molar refractivity (Wildman–Crippen MR) is 105 cm³/mol. The van der Waals surface area contributed by atoms with Gasteiger partial charge in [0, 0.05) is 36.2 Å². The Bertz CT molecular complexity index is 963. The Hall–Kier alpha value is -3.61. The highest BCUT2D eigenvalue weighted by Crippen LogP contribution is 2.26. The van der Waals surface area contributed by atoms with E-state index < -0.39 is 4.92 Å². The van der Waals surface area contributed by atoms with E-state index >= 15 is 0 Å². The molecule has 7 nitrogen and oxygen atoms in total. The molecule has 0 aliphatic carbocycles. The summed E-state index contributed by atoms with van der Waals surface area (Å²) in [6.07, 6.45) is 0.687. The van der Waals surface area contributed by atoms with E-state index in [4.69, 9.17) is 9.15 Å². The lowest BCUT2D eigenvalue weighted by Gasteiger charge is -2.06. The minimum absolute atomic E-state index is 0.00480. The van der Waals surface area contributed by atoms with Crippen molar-refractivity contribution in [3.8, 4) is 17.1 Å². The maximum Gasteiger partial charge on any atom is 0.270 e. The number of hydrogen-bond acceptors (Lipinski definition) is 5. The van der Waals surface area contributed by atoms with Gasteiger partial charge in [0.25, 0.3) is 5.69 Å². The molecule has 0 spiro atoms. The summed E-state index contributed by atoms with van der Waals surface area (Å²) in [5.74, 6) is 1.80. The smallest absolute Gasteiger partial charge is 0.270 e. The molecule has 0 saturated heterocycles. The number of amides is 1. The van der Waals surface area contributed by atoms with Crippen LogP contribution in [0.4, 0.5) is 11.4 Å². The van der Waals surface area contributed by atoms with E-state index in [-0.39, 0.29) is 18.0 Å². The summed E-state index contributed by atoms with van der Waals surface area (Å²) in [7, 11) is 0. The van der Waals surface area contributed by atoms with Crippen LogP contribution in [0, 0.1) is 10.1 Å². The lowest BCUT2D eigenvalue weighted by molar-refractivity contribution is -0.384. The van der Waals surface area contributed by atoms with E-state index in [2.05, 4.69) is 5.32 Å². The van der Waals surface area contributed by atoms with E-state index in [0.29, 0.717) is 35.8 Å². The average Bonchev–Trinajstić information content (AvgIpc) is 3.17. The van der Waals surface area contributed by atoms with Crippen LogP contribution < -0.4 is 10.1 Å². The molecule has 0 unspecified atom stereocenters. The second-order valence-electron chi connectivity index (χ2n) is 6.08. The minimum Gasteiger partial charge on any atom is -0.494 e. The molecule has 0 atom stereocenters. The molecule has 1 aromatic heterocycles. The molecule has 144 valence electrons. The number of hydrogen-bond donors (Lipinski definition) is 1. The average molecular weight is 380 g/mol. The zero-order valence-electron chi connectivity index (χ0n) is 15.4. The van der Waals surface area contributed by atoms with Gasteiger partial charge in [-0.3, -0.25) is 14.9 Å². The van der Waals surface area contributed by atoms with Crippen LogP contribution in [0.5, 0.6) is 5.75 Å². The van der Waals surface area contributed by atoms with Gasteiger partial charge in [-0.25, -0.2) is 0 Å². The third-order valence-corrected chi connectivity index (χ3v) is 4.05. The van der Waals surface area contributed by atoms with E-state index in [0.717, 1.165) is 5.75 Å². The molecule has 0 saturated carbocycles. The maximum atomic E-state index is 12.1. The molecular weight excluding hydrogens is 360 g/mol. The van der Waals surface area contributed by atoms with Crippen molar-refractivity contribution in [3.05, 3.63) is 76.5 Å². The first-order valence-electron chi connectivity index (χ1n) is 8.91. The highest BCUT2D eigenvalue weighted by atomic mass is 16.6. The fraction of sp³-hybridized carbons (Fsp3) is 0.190. The Morgan fingerprint density at radius 2 is 1.93 bits per heavy atom. The van der Waals surface area contributed by atoms with Gasteiger partial charge in [0.05, 0.1) is 11.5 Å². The predicted octanol–water partition coefficient (Wildman–Crippen LogP) is 4.82. The van der Waals surface area contributed by atoms with Crippen LogP contribution in [-0.2, 0) is 11.2 Å². The Balaban J connectivity index is 1.56. The number of nitrogens with one attached hydrogen (secondary N) is 1. The van der Waals surface area contributed by atoms with Gasteiger partial charge < -0.3 is 14.5 Å². The van der Waals surface area contributed by atoms with Crippen LogP contribution in [0.1, 0.15) is 19.1 Å². The number of rotatable bonds is 8. The molecule has 0 radical (unpaired) electrons. The maximum absolute atomic E-state index is 12.1. The molecule has 3 rings (SSSR count). The second kappa shape index (κ2) is 8.85. The minimum atomic E-state index is -0.446. The number of benzene rings is 2. The normalized spacial score (nSPS) is 10.5. The first-order chi connectivity index (χ1) is 13.5. The molecule has 3 aromatic rings. The Labute approximate surface area is 162 Å². The summed E-state index contributed by atoms with van der Waals surface area (Å²) in [6.45, 7) is 2.50. The van der Waals surface area contributed by atoms with Gasteiger partial charge in [0.15, 0.2) is 0 Å². The zero-order chi connectivity index (χ0) is 19.9. The summed E-state index contributed by atoms with van der Waals surface area (Å²) >= 11 is 0. The van der Waals surface area contributed by atoms with Gasteiger partial charge in [-0.05, 0) is 43.3 Å². The summed E-state index contributed by atoms with van der Waals surface area (Å²) in [6, 6.07) is 16.9. The molecule has 0 fully saturated rings. The molecule has 1 heterocycles. The molecule has 0 aliphatic heterocycles. The van der Waals surface area contributed by atoms with Gasteiger partial charge in [-0.15, -0.1) is 0 Å². The summed E-state index contributed by atoms with van der Waals surface area (Å²) in [5, 5.41) is 13.7. The van der Waals surface area contributed by atoms with E-state index in [9.17, 15) is 14.9 Å². The van der Waals surface area contributed by atoms with Crippen LogP contribution in [0.15, 0.2) is 65.1 Å². The second-order valence-corrected chi connectivity index (χ2v) is 6.08. The molecular formula is C21H20N2O5. The van der Waals surface area contributed by atoms with Gasteiger partial charge >= 0.3 is 0 Å².